The molecule has 0 aromatic carbocycles. The third-order valence-electron chi connectivity index (χ3n) is 3.84. The first-order valence-corrected chi connectivity index (χ1v) is 8.64. The Morgan fingerprint density at radius 2 is 2.35 bits per heavy atom. The molecule has 1 amide bonds. The average molecular weight is 332 g/mol. The summed E-state index contributed by atoms with van der Waals surface area (Å²) in [6.07, 6.45) is 4.34. The van der Waals surface area contributed by atoms with Crippen molar-refractivity contribution in [3.63, 3.8) is 0 Å². The minimum absolute atomic E-state index is 0.00957. The van der Waals surface area contributed by atoms with Crippen LogP contribution in [0.1, 0.15) is 40.7 Å². The first-order chi connectivity index (χ1) is 11.2. The quantitative estimate of drug-likeness (QED) is 0.841. The van der Waals surface area contributed by atoms with Gasteiger partial charge in [-0.1, -0.05) is 23.9 Å². The predicted octanol–water partition coefficient (Wildman–Crippen LogP) is 2.49. The summed E-state index contributed by atoms with van der Waals surface area (Å²) in [4.78, 5) is 19.4. The Morgan fingerprint density at radius 3 is 3.09 bits per heavy atom. The van der Waals surface area contributed by atoms with Crippen molar-refractivity contribution in [2.45, 2.75) is 39.2 Å². The molecule has 0 spiro atoms. The Morgan fingerprint density at radius 1 is 1.48 bits per heavy atom. The molecule has 2 aromatic heterocycles. The number of likely N-dealkylation sites (tertiary alicyclic amines) is 1. The average Bonchev–Trinajstić information content (AvgIpc) is 3.19. The number of aryl methyl sites for hydroxylation is 2. The summed E-state index contributed by atoms with van der Waals surface area (Å²) in [5, 5.41) is 4.07. The number of hydrogen-bond acceptors (Lipinski definition) is 6. The molecule has 1 saturated heterocycles. The van der Waals surface area contributed by atoms with Crippen LogP contribution in [0, 0.1) is 6.92 Å². The molecular weight excluding hydrogens is 312 g/mol. The van der Waals surface area contributed by atoms with Gasteiger partial charge in [-0.05, 0) is 30.4 Å². The second kappa shape index (κ2) is 7.04. The first kappa shape index (κ1) is 15.9. The number of nitrogens with zero attached hydrogens (tertiary/aromatic N) is 4. The largest absolute Gasteiger partial charge is 0.472 e. The number of pyridine rings is 1. The highest BCUT2D eigenvalue weighted by Crippen LogP contribution is 2.21. The molecule has 23 heavy (non-hydrogen) atoms. The fourth-order valence-corrected chi connectivity index (χ4v) is 3.30. The lowest BCUT2D eigenvalue weighted by Crippen LogP contribution is -2.31. The van der Waals surface area contributed by atoms with Gasteiger partial charge in [0.15, 0.2) is 0 Å². The molecule has 1 aliphatic rings. The van der Waals surface area contributed by atoms with E-state index in [1.165, 1.54) is 11.5 Å². The molecule has 0 radical (unpaired) electrons. The van der Waals surface area contributed by atoms with Gasteiger partial charge in [-0.3, -0.25) is 4.79 Å². The Balaban J connectivity index is 1.61. The monoisotopic (exact) mass is 332 g/mol. The van der Waals surface area contributed by atoms with Crippen molar-refractivity contribution in [3.8, 4) is 5.88 Å². The molecule has 0 bridgehead atoms. The van der Waals surface area contributed by atoms with Crippen LogP contribution in [0.4, 0.5) is 0 Å². The van der Waals surface area contributed by atoms with E-state index in [0.29, 0.717) is 23.8 Å². The number of carbonyl (C=O) groups is 1. The van der Waals surface area contributed by atoms with E-state index < -0.39 is 0 Å². The van der Waals surface area contributed by atoms with Crippen LogP contribution in [0.5, 0.6) is 5.88 Å². The number of rotatable bonds is 5. The standard InChI is InChI=1S/C16H20N4O2S/c1-3-4-13-15(23-19-18-13)16(21)20-8-7-12(10-20)22-14-6-5-11(2)9-17-14/h5-6,9,12H,3-4,7-8,10H2,1-2H3. The smallest absolute Gasteiger partial charge is 0.267 e. The molecule has 2 aromatic rings. The van der Waals surface area contributed by atoms with Gasteiger partial charge in [0, 0.05) is 25.2 Å². The van der Waals surface area contributed by atoms with Crippen molar-refractivity contribution in [3.05, 3.63) is 34.5 Å². The van der Waals surface area contributed by atoms with Crippen molar-refractivity contribution in [1.29, 1.82) is 0 Å². The normalized spacial score (nSPS) is 17.5. The van der Waals surface area contributed by atoms with E-state index in [9.17, 15) is 4.79 Å². The zero-order valence-corrected chi connectivity index (χ0v) is 14.2. The van der Waals surface area contributed by atoms with E-state index in [2.05, 4.69) is 21.5 Å². The molecule has 6 nitrogen and oxygen atoms in total. The van der Waals surface area contributed by atoms with Gasteiger partial charge < -0.3 is 9.64 Å². The van der Waals surface area contributed by atoms with Crippen molar-refractivity contribution in [2.75, 3.05) is 13.1 Å². The number of hydrogen-bond donors (Lipinski definition) is 0. The van der Waals surface area contributed by atoms with E-state index in [1.54, 1.807) is 6.20 Å². The lowest BCUT2D eigenvalue weighted by Gasteiger charge is -2.16. The van der Waals surface area contributed by atoms with Crippen LogP contribution in [0.3, 0.4) is 0 Å². The molecule has 3 heterocycles. The molecule has 0 aliphatic carbocycles. The lowest BCUT2D eigenvalue weighted by atomic mass is 10.2. The first-order valence-electron chi connectivity index (χ1n) is 7.87. The van der Waals surface area contributed by atoms with Gasteiger partial charge >= 0.3 is 0 Å². The molecule has 122 valence electrons. The SMILES string of the molecule is CCCc1nnsc1C(=O)N1CCC(Oc2ccc(C)cn2)C1. The highest BCUT2D eigenvalue weighted by molar-refractivity contribution is 7.08. The highest BCUT2D eigenvalue weighted by atomic mass is 32.1. The van der Waals surface area contributed by atoms with Gasteiger partial charge in [0.05, 0.1) is 12.2 Å². The third kappa shape index (κ3) is 3.67. The molecule has 1 fully saturated rings. The Kier molecular flexibility index (Phi) is 4.85. The molecule has 0 N–H and O–H groups in total. The Labute approximate surface area is 139 Å². The zero-order chi connectivity index (χ0) is 16.2. The molecule has 7 heteroatoms. The van der Waals surface area contributed by atoms with Crippen molar-refractivity contribution < 1.29 is 9.53 Å². The maximum Gasteiger partial charge on any atom is 0.267 e. The molecule has 0 saturated carbocycles. The maximum atomic E-state index is 12.6. The predicted molar refractivity (Wildman–Crippen MR) is 87.8 cm³/mol. The minimum atomic E-state index is -0.00957. The zero-order valence-electron chi connectivity index (χ0n) is 13.4. The topological polar surface area (TPSA) is 68.2 Å². The molecule has 3 rings (SSSR count). The van der Waals surface area contributed by atoms with E-state index in [1.807, 2.05) is 24.0 Å². The molecule has 1 atom stereocenters. The number of ether oxygens (including phenoxy) is 1. The lowest BCUT2D eigenvalue weighted by molar-refractivity contribution is 0.0774. The van der Waals surface area contributed by atoms with Crippen LogP contribution in [0.15, 0.2) is 18.3 Å². The van der Waals surface area contributed by atoms with Crippen molar-refractivity contribution in [1.82, 2.24) is 19.5 Å². The van der Waals surface area contributed by atoms with Gasteiger partial charge in [-0.2, -0.15) is 0 Å². The van der Waals surface area contributed by atoms with E-state index >= 15 is 0 Å². The van der Waals surface area contributed by atoms with Gasteiger partial charge in [0.1, 0.15) is 11.0 Å². The second-order valence-electron chi connectivity index (χ2n) is 5.75. The number of carbonyl (C=O) groups excluding carboxylic acids is 1. The van der Waals surface area contributed by atoms with Gasteiger partial charge in [-0.15, -0.1) is 5.10 Å². The van der Waals surface area contributed by atoms with Crippen LogP contribution < -0.4 is 4.74 Å². The van der Waals surface area contributed by atoms with Gasteiger partial charge in [0.2, 0.25) is 5.88 Å². The summed E-state index contributed by atoms with van der Waals surface area (Å²) in [7, 11) is 0. The minimum Gasteiger partial charge on any atom is -0.472 e. The van der Waals surface area contributed by atoms with Crippen LogP contribution in [-0.4, -0.2) is 44.6 Å². The summed E-state index contributed by atoms with van der Waals surface area (Å²) in [5.74, 6) is 0.632. The number of aromatic nitrogens is 3. The molecule has 1 unspecified atom stereocenters. The Bertz CT molecular complexity index is 671. The Hall–Kier alpha value is -2.02. The maximum absolute atomic E-state index is 12.6. The van der Waals surface area contributed by atoms with Crippen LogP contribution in [0.25, 0.3) is 0 Å². The third-order valence-corrected chi connectivity index (χ3v) is 4.60. The summed E-state index contributed by atoms with van der Waals surface area (Å²) in [5.41, 5.74) is 1.91. The van der Waals surface area contributed by atoms with E-state index in [0.717, 1.165) is 30.5 Å². The summed E-state index contributed by atoms with van der Waals surface area (Å²) in [6, 6.07) is 3.84. The van der Waals surface area contributed by atoms with Crippen LogP contribution in [-0.2, 0) is 6.42 Å². The number of amides is 1. The highest BCUT2D eigenvalue weighted by Gasteiger charge is 2.30. The van der Waals surface area contributed by atoms with E-state index in [4.69, 9.17) is 4.74 Å². The van der Waals surface area contributed by atoms with E-state index in [-0.39, 0.29) is 12.0 Å². The summed E-state index contributed by atoms with van der Waals surface area (Å²) in [6.45, 7) is 5.34. The summed E-state index contributed by atoms with van der Waals surface area (Å²) < 4.78 is 9.80. The fourth-order valence-electron chi connectivity index (χ4n) is 2.62. The van der Waals surface area contributed by atoms with Crippen molar-refractivity contribution in [2.24, 2.45) is 0 Å². The van der Waals surface area contributed by atoms with Gasteiger partial charge in [0.25, 0.3) is 5.91 Å². The molecule has 1 aliphatic heterocycles. The fraction of sp³-hybridized carbons (Fsp3) is 0.500. The summed E-state index contributed by atoms with van der Waals surface area (Å²) >= 11 is 1.19. The van der Waals surface area contributed by atoms with Crippen molar-refractivity contribution >= 4 is 17.4 Å². The van der Waals surface area contributed by atoms with Crippen LogP contribution >= 0.6 is 11.5 Å². The molecular formula is C16H20N4O2S. The van der Waals surface area contributed by atoms with Gasteiger partial charge in [-0.25, -0.2) is 4.98 Å². The second-order valence-corrected chi connectivity index (χ2v) is 6.51. The van der Waals surface area contributed by atoms with Crippen LogP contribution in [0.2, 0.25) is 0 Å².